The fourth-order valence-electron chi connectivity index (χ4n) is 2.56. The monoisotopic (exact) mass is 316 g/mol. The van der Waals surface area contributed by atoms with Crippen molar-refractivity contribution >= 4 is 11.8 Å². The maximum Gasteiger partial charge on any atom is 0.335 e. The molecule has 3 rings (SSSR count). The van der Waals surface area contributed by atoms with E-state index in [4.69, 9.17) is 4.74 Å². The van der Waals surface area contributed by atoms with Gasteiger partial charge in [0.2, 0.25) is 0 Å². The van der Waals surface area contributed by atoms with Crippen LogP contribution in [0, 0.1) is 12.7 Å². The minimum atomic E-state index is -1.06. The smallest absolute Gasteiger partial charge is 0.335 e. The van der Waals surface area contributed by atoms with Gasteiger partial charge >= 0.3 is 5.97 Å². The molecule has 0 atom stereocenters. The molecule has 1 fully saturated rings. The highest BCUT2D eigenvalue weighted by atomic mass is 19.1. The number of hydrogen-bond donors (Lipinski definition) is 1. The van der Waals surface area contributed by atoms with E-state index in [-0.39, 0.29) is 5.56 Å². The number of anilines is 1. The number of aromatic nitrogens is 1. The van der Waals surface area contributed by atoms with Crippen LogP contribution in [0.3, 0.4) is 0 Å². The number of hydrogen-bond acceptors (Lipinski definition) is 4. The Hall–Kier alpha value is -2.47. The van der Waals surface area contributed by atoms with Gasteiger partial charge in [-0.15, -0.1) is 0 Å². The second kappa shape index (κ2) is 6.34. The summed E-state index contributed by atoms with van der Waals surface area (Å²) in [4.78, 5) is 17.8. The summed E-state index contributed by atoms with van der Waals surface area (Å²) in [5.41, 5.74) is 1.52. The summed E-state index contributed by atoms with van der Waals surface area (Å²) in [6, 6.07) is 7.74. The van der Waals surface area contributed by atoms with Crippen LogP contribution in [0.1, 0.15) is 15.9 Å². The van der Waals surface area contributed by atoms with E-state index in [1.807, 2.05) is 4.90 Å². The Morgan fingerprint density at radius 2 is 2.00 bits per heavy atom. The second-order valence-corrected chi connectivity index (χ2v) is 5.49. The average molecular weight is 316 g/mol. The summed E-state index contributed by atoms with van der Waals surface area (Å²) in [6.07, 6.45) is 0. The predicted octanol–water partition coefficient (Wildman–Crippen LogP) is 2.73. The molecule has 6 heteroatoms. The van der Waals surface area contributed by atoms with Crippen LogP contribution in [-0.2, 0) is 4.74 Å². The maximum absolute atomic E-state index is 14.2. The summed E-state index contributed by atoms with van der Waals surface area (Å²) in [7, 11) is 0. The number of aryl methyl sites for hydroxylation is 1. The van der Waals surface area contributed by atoms with Crippen LogP contribution in [0.4, 0.5) is 10.2 Å². The van der Waals surface area contributed by atoms with Crippen LogP contribution in [0.2, 0.25) is 0 Å². The molecule has 120 valence electrons. The number of nitrogens with zero attached hydrogens (tertiary/aromatic N) is 2. The van der Waals surface area contributed by atoms with Crippen LogP contribution in [-0.4, -0.2) is 42.4 Å². The molecule has 1 aliphatic heterocycles. The molecule has 5 nitrogen and oxygen atoms in total. The Bertz CT molecular complexity index is 743. The van der Waals surface area contributed by atoms with Crippen molar-refractivity contribution in [3.63, 3.8) is 0 Å². The Balaban J connectivity index is 2.08. The fourth-order valence-corrected chi connectivity index (χ4v) is 2.56. The Morgan fingerprint density at radius 3 is 2.65 bits per heavy atom. The van der Waals surface area contributed by atoms with Gasteiger partial charge < -0.3 is 14.7 Å². The van der Waals surface area contributed by atoms with E-state index in [0.717, 1.165) is 5.56 Å². The lowest BCUT2D eigenvalue weighted by Gasteiger charge is -2.28. The molecule has 1 aromatic carbocycles. The number of carboxylic acid groups (broad SMARTS) is 1. The molecule has 0 bridgehead atoms. The lowest BCUT2D eigenvalue weighted by atomic mass is 10.1. The SMILES string of the molecule is Cc1ccc(-c2cc(C(=O)O)cc(N3CCOCC3)n2)c(F)c1. The number of aromatic carboxylic acids is 1. The van der Waals surface area contributed by atoms with Crippen LogP contribution >= 0.6 is 0 Å². The molecule has 2 heterocycles. The third-order valence-electron chi connectivity index (χ3n) is 3.79. The molecule has 0 radical (unpaired) electrons. The molecule has 1 aromatic heterocycles. The maximum atomic E-state index is 14.2. The molecule has 23 heavy (non-hydrogen) atoms. The lowest BCUT2D eigenvalue weighted by Crippen LogP contribution is -2.36. The van der Waals surface area contributed by atoms with Crippen LogP contribution in [0.15, 0.2) is 30.3 Å². The van der Waals surface area contributed by atoms with Gasteiger partial charge in [-0.25, -0.2) is 14.2 Å². The van der Waals surface area contributed by atoms with Gasteiger partial charge in [0, 0.05) is 18.7 Å². The number of benzene rings is 1. The van der Waals surface area contributed by atoms with Gasteiger partial charge in [-0.3, -0.25) is 0 Å². The van der Waals surface area contributed by atoms with E-state index < -0.39 is 11.8 Å². The third-order valence-corrected chi connectivity index (χ3v) is 3.79. The molecule has 0 aliphatic carbocycles. The molecule has 1 saturated heterocycles. The topological polar surface area (TPSA) is 62.7 Å². The number of carboxylic acids is 1. The van der Waals surface area contributed by atoms with E-state index in [9.17, 15) is 14.3 Å². The van der Waals surface area contributed by atoms with Crippen LogP contribution in [0.5, 0.6) is 0 Å². The molecule has 0 spiro atoms. The predicted molar refractivity (Wildman–Crippen MR) is 84.4 cm³/mol. The van der Waals surface area contributed by atoms with E-state index in [1.54, 1.807) is 19.1 Å². The molecular weight excluding hydrogens is 299 g/mol. The van der Waals surface area contributed by atoms with Gasteiger partial charge in [-0.1, -0.05) is 6.07 Å². The largest absolute Gasteiger partial charge is 0.478 e. The van der Waals surface area contributed by atoms with Crippen molar-refractivity contribution in [2.45, 2.75) is 6.92 Å². The fraction of sp³-hybridized carbons (Fsp3) is 0.294. The van der Waals surface area contributed by atoms with Crippen molar-refractivity contribution in [3.8, 4) is 11.3 Å². The minimum Gasteiger partial charge on any atom is -0.478 e. The standard InChI is InChI=1S/C17H17FN2O3/c1-11-2-3-13(14(18)8-11)15-9-12(17(21)22)10-16(19-15)20-4-6-23-7-5-20/h2-3,8-10H,4-7H2,1H3,(H,21,22). The zero-order chi connectivity index (χ0) is 16.4. The number of carbonyl (C=O) groups is 1. The molecular formula is C17H17FN2O3. The zero-order valence-electron chi connectivity index (χ0n) is 12.8. The molecule has 1 N–H and O–H groups in total. The van der Waals surface area contributed by atoms with Crippen molar-refractivity contribution in [3.05, 3.63) is 47.3 Å². The van der Waals surface area contributed by atoms with Gasteiger partial charge in [0.1, 0.15) is 11.6 Å². The van der Waals surface area contributed by atoms with E-state index in [2.05, 4.69) is 4.98 Å². The molecule has 0 unspecified atom stereocenters. The lowest BCUT2D eigenvalue weighted by molar-refractivity contribution is 0.0697. The van der Waals surface area contributed by atoms with Crippen LogP contribution < -0.4 is 4.90 Å². The first-order valence-corrected chi connectivity index (χ1v) is 7.39. The normalized spacial score (nSPS) is 14.8. The highest BCUT2D eigenvalue weighted by molar-refractivity contribution is 5.90. The minimum absolute atomic E-state index is 0.0940. The first kappa shape index (κ1) is 15.4. The Kier molecular flexibility index (Phi) is 4.25. The average Bonchev–Trinajstić information content (AvgIpc) is 2.55. The van der Waals surface area contributed by atoms with Gasteiger partial charge in [-0.05, 0) is 36.8 Å². The van der Waals surface area contributed by atoms with Gasteiger partial charge in [0.05, 0.1) is 24.5 Å². The number of morpholine rings is 1. The van der Waals surface area contributed by atoms with E-state index in [1.165, 1.54) is 18.2 Å². The van der Waals surface area contributed by atoms with Crippen LogP contribution in [0.25, 0.3) is 11.3 Å². The van der Waals surface area contributed by atoms with Crippen molar-refractivity contribution in [1.82, 2.24) is 4.98 Å². The molecule has 1 aliphatic rings. The van der Waals surface area contributed by atoms with E-state index in [0.29, 0.717) is 43.4 Å². The van der Waals surface area contributed by atoms with Crippen molar-refractivity contribution in [1.29, 1.82) is 0 Å². The first-order chi connectivity index (χ1) is 11.0. The summed E-state index contributed by atoms with van der Waals surface area (Å²) in [5, 5.41) is 9.33. The highest BCUT2D eigenvalue weighted by Crippen LogP contribution is 2.26. The summed E-state index contributed by atoms with van der Waals surface area (Å²) >= 11 is 0. The van der Waals surface area contributed by atoms with Gasteiger partial charge in [0.25, 0.3) is 0 Å². The number of ether oxygens (including phenoxy) is 1. The number of pyridine rings is 1. The number of halogens is 1. The highest BCUT2D eigenvalue weighted by Gasteiger charge is 2.18. The third kappa shape index (κ3) is 3.32. The van der Waals surface area contributed by atoms with Crippen molar-refractivity contribution in [2.75, 3.05) is 31.2 Å². The van der Waals surface area contributed by atoms with Gasteiger partial charge in [0.15, 0.2) is 0 Å². The summed E-state index contributed by atoms with van der Waals surface area (Å²) in [6.45, 7) is 4.19. The van der Waals surface area contributed by atoms with E-state index >= 15 is 0 Å². The van der Waals surface area contributed by atoms with Gasteiger partial charge in [-0.2, -0.15) is 0 Å². The van der Waals surface area contributed by atoms with Crippen molar-refractivity contribution < 1.29 is 19.0 Å². The van der Waals surface area contributed by atoms with Crippen molar-refractivity contribution in [2.24, 2.45) is 0 Å². The number of rotatable bonds is 3. The second-order valence-electron chi connectivity index (χ2n) is 5.49. The zero-order valence-corrected chi connectivity index (χ0v) is 12.8. The quantitative estimate of drug-likeness (QED) is 0.943. The Labute approximate surface area is 133 Å². The summed E-state index contributed by atoms with van der Waals surface area (Å²) < 4.78 is 19.5. The molecule has 0 saturated carbocycles. The first-order valence-electron chi connectivity index (χ1n) is 7.39. The summed E-state index contributed by atoms with van der Waals surface area (Å²) in [5.74, 6) is -0.938. The Morgan fingerprint density at radius 1 is 1.26 bits per heavy atom. The molecule has 0 amide bonds. The molecule has 2 aromatic rings.